The molecule has 1 aromatic heterocycles. The SMILES string of the molecule is CCCN(CCCl)C(=O)c1cc(Cl)sc1Cl. The van der Waals surface area contributed by atoms with Crippen molar-refractivity contribution in [3.05, 3.63) is 20.3 Å². The molecule has 0 aromatic carbocycles. The van der Waals surface area contributed by atoms with E-state index in [9.17, 15) is 4.79 Å². The molecule has 0 bridgehead atoms. The summed E-state index contributed by atoms with van der Waals surface area (Å²) < 4.78 is 0.960. The van der Waals surface area contributed by atoms with Crippen molar-refractivity contribution in [2.45, 2.75) is 13.3 Å². The minimum atomic E-state index is -0.101. The molecule has 1 aromatic rings. The summed E-state index contributed by atoms with van der Waals surface area (Å²) in [4.78, 5) is 13.8. The summed E-state index contributed by atoms with van der Waals surface area (Å²) in [5, 5.41) is 0. The van der Waals surface area contributed by atoms with Crippen molar-refractivity contribution in [3.8, 4) is 0 Å². The Morgan fingerprint density at radius 3 is 2.56 bits per heavy atom. The maximum Gasteiger partial charge on any atom is 0.256 e. The maximum absolute atomic E-state index is 12.1. The summed E-state index contributed by atoms with van der Waals surface area (Å²) in [5.41, 5.74) is 0.468. The van der Waals surface area contributed by atoms with Crippen molar-refractivity contribution in [1.29, 1.82) is 0 Å². The van der Waals surface area contributed by atoms with Gasteiger partial charge in [-0.2, -0.15) is 0 Å². The molecule has 0 N–H and O–H groups in total. The van der Waals surface area contributed by atoms with Crippen LogP contribution >= 0.6 is 46.1 Å². The summed E-state index contributed by atoms with van der Waals surface area (Å²) in [6.07, 6.45) is 0.887. The first-order chi connectivity index (χ1) is 7.60. The first-order valence-electron chi connectivity index (χ1n) is 4.90. The normalized spacial score (nSPS) is 10.5. The Morgan fingerprint density at radius 1 is 1.44 bits per heavy atom. The van der Waals surface area contributed by atoms with Crippen LogP contribution < -0.4 is 0 Å². The lowest BCUT2D eigenvalue weighted by atomic mass is 10.3. The van der Waals surface area contributed by atoms with E-state index >= 15 is 0 Å². The lowest BCUT2D eigenvalue weighted by molar-refractivity contribution is 0.0766. The van der Waals surface area contributed by atoms with Crippen LogP contribution in [0.2, 0.25) is 8.67 Å². The number of halogens is 3. The number of alkyl halides is 1. The van der Waals surface area contributed by atoms with Gasteiger partial charge in [0.1, 0.15) is 4.34 Å². The van der Waals surface area contributed by atoms with Crippen LogP contribution in [0.3, 0.4) is 0 Å². The van der Waals surface area contributed by atoms with Gasteiger partial charge in [0.15, 0.2) is 0 Å². The van der Waals surface area contributed by atoms with Gasteiger partial charge in [0, 0.05) is 19.0 Å². The zero-order valence-corrected chi connectivity index (χ0v) is 11.9. The molecule has 0 spiro atoms. The Labute approximate surface area is 114 Å². The molecular weight excluding hydrogens is 289 g/mol. The van der Waals surface area contributed by atoms with E-state index in [0.717, 1.165) is 6.42 Å². The Bertz CT molecular complexity index is 361. The van der Waals surface area contributed by atoms with Crippen molar-refractivity contribution in [2.75, 3.05) is 19.0 Å². The molecular formula is C10H12Cl3NOS. The highest BCUT2D eigenvalue weighted by atomic mass is 35.5. The van der Waals surface area contributed by atoms with Gasteiger partial charge < -0.3 is 4.90 Å². The predicted octanol–water partition coefficient (Wildman–Crippen LogP) is 4.15. The lowest BCUT2D eigenvalue weighted by Gasteiger charge is -2.20. The monoisotopic (exact) mass is 299 g/mol. The zero-order chi connectivity index (χ0) is 12.1. The number of carbonyl (C=O) groups excluding carboxylic acids is 1. The Kier molecular flexibility index (Phi) is 5.90. The van der Waals surface area contributed by atoms with Gasteiger partial charge in [0.25, 0.3) is 5.91 Å². The topological polar surface area (TPSA) is 20.3 Å². The number of amides is 1. The molecule has 0 unspecified atom stereocenters. The molecule has 90 valence electrons. The fraction of sp³-hybridized carbons (Fsp3) is 0.500. The number of carbonyl (C=O) groups is 1. The average molecular weight is 301 g/mol. The van der Waals surface area contributed by atoms with Gasteiger partial charge in [0.05, 0.1) is 9.90 Å². The highest BCUT2D eigenvalue weighted by Crippen LogP contribution is 2.31. The van der Waals surface area contributed by atoms with E-state index in [0.29, 0.717) is 33.2 Å². The second-order valence-electron chi connectivity index (χ2n) is 3.22. The highest BCUT2D eigenvalue weighted by Gasteiger charge is 2.19. The summed E-state index contributed by atoms with van der Waals surface area (Å²) in [6, 6.07) is 1.60. The van der Waals surface area contributed by atoms with Gasteiger partial charge in [0.2, 0.25) is 0 Å². The van der Waals surface area contributed by atoms with Crippen LogP contribution in [0.5, 0.6) is 0 Å². The zero-order valence-electron chi connectivity index (χ0n) is 8.80. The van der Waals surface area contributed by atoms with Gasteiger partial charge in [-0.25, -0.2) is 0 Å². The quantitative estimate of drug-likeness (QED) is 0.748. The fourth-order valence-electron chi connectivity index (χ4n) is 1.34. The molecule has 0 aliphatic rings. The standard InChI is InChI=1S/C10H12Cl3NOS/c1-2-4-14(5-3-11)10(15)7-6-8(12)16-9(7)13/h6H,2-5H2,1H3. The molecule has 0 radical (unpaired) electrons. The number of hydrogen-bond acceptors (Lipinski definition) is 2. The Morgan fingerprint density at radius 2 is 2.12 bits per heavy atom. The molecule has 1 rings (SSSR count). The molecule has 0 atom stereocenters. The highest BCUT2D eigenvalue weighted by molar-refractivity contribution is 7.20. The molecule has 1 heterocycles. The summed E-state index contributed by atoms with van der Waals surface area (Å²) >= 11 is 18.6. The van der Waals surface area contributed by atoms with Crippen molar-refractivity contribution in [2.24, 2.45) is 0 Å². The fourth-order valence-corrected chi connectivity index (χ4v) is 3.00. The molecule has 0 aliphatic carbocycles. The van der Waals surface area contributed by atoms with Gasteiger partial charge in [-0.15, -0.1) is 22.9 Å². The van der Waals surface area contributed by atoms with E-state index in [2.05, 4.69) is 0 Å². The van der Waals surface area contributed by atoms with Gasteiger partial charge in [-0.3, -0.25) is 4.79 Å². The molecule has 6 heteroatoms. The van der Waals surface area contributed by atoms with Gasteiger partial charge in [-0.1, -0.05) is 30.1 Å². The van der Waals surface area contributed by atoms with Crippen LogP contribution in [0.25, 0.3) is 0 Å². The van der Waals surface area contributed by atoms with E-state index in [-0.39, 0.29) is 5.91 Å². The van der Waals surface area contributed by atoms with Crippen LogP contribution in [0, 0.1) is 0 Å². The summed E-state index contributed by atoms with van der Waals surface area (Å²) in [5.74, 6) is 0.317. The van der Waals surface area contributed by atoms with Gasteiger partial charge >= 0.3 is 0 Å². The number of nitrogens with zero attached hydrogens (tertiary/aromatic N) is 1. The average Bonchev–Trinajstić information content (AvgIpc) is 2.56. The summed E-state index contributed by atoms with van der Waals surface area (Å²) in [7, 11) is 0. The van der Waals surface area contributed by atoms with Crippen LogP contribution in [0.1, 0.15) is 23.7 Å². The van der Waals surface area contributed by atoms with Crippen LogP contribution in [-0.4, -0.2) is 29.8 Å². The maximum atomic E-state index is 12.1. The van der Waals surface area contributed by atoms with Crippen LogP contribution in [0.15, 0.2) is 6.07 Å². The van der Waals surface area contributed by atoms with Crippen molar-refractivity contribution >= 4 is 52.0 Å². The van der Waals surface area contributed by atoms with Crippen LogP contribution in [-0.2, 0) is 0 Å². The first kappa shape index (κ1) is 14.1. The minimum Gasteiger partial charge on any atom is -0.337 e. The van der Waals surface area contributed by atoms with E-state index in [1.807, 2.05) is 6.92 Å². The third-order valence-electron chi connectivity index (χ3n) is 2.02. The van der Waals surface area contributed by atoms with Crippen molar-refractivity contribution < 1.29 is 4.79 Å². The lowest BCUT2D eigenvalue weighted by Crippen LogP contribution is -2.33. The summed E-state index contributed by atoms with van der Waals surface area (Å²) in [6.45, 7) is 3.21. The second-order valence-corrected chi connectivity index (χ2v) is 5.88. The van der Waals surface area contributed by atoms with E-state index in [1.165, 1.54) is 11.3 Å². The molecule has 0 fully saturated rings. The predicted molar refractivity (Wildman–Crippen MR) is 71.3 cm³/mol. The molecule has 16 heavy (non-hydrogen) atoms. The minimum absolute atomic E-state index is 0.101. The van der Waals surface area contributed by atoms with Crippen molar-refractivity contribution in [3.63, 3.8) is 0 Å². The largest absolute Gasteiger partial charge is 0.337 e. The number of hydrogen-bond donors (Lipinski definition) is 0. The van der Waals surface area contributed by atoms with Crippen molar-refractivity contribution in [1.82, 2.24) is 4.90 Å². The Balaban J connectivity index is 2.85. The van der Waals surface area contributed by atoms with Gasteiger partial charge in [-0.05, 0) is 12.5 Å². The smallest absolute Gasteiger partial charge is 0.256 e. The molecule has 0 saturated heterocycles. The van der Waals surface area contributed by atoms with E-state index < -0.39 is 0 Å². The molecule has 0 saturated carbocycles. The van der Waals surface area contributed by atoms with E-state index in [1.54, 1.807) is 11.0 Å². The third kappa shape index (κ3) is 3.52. The number of rotatable bonds is 5. The van der Waals surface area contributed by atoms with Crippen LogP contribution in [0.4, 0.5) is 0 Å². The molecule has 0 aliphatic heterocycles. The Hall–Kier alpha value is 0.0400. The number of thiophene rings is 1. The third-order valence-corrected chi connectivity index (χ3v) is 3.68. The second kappa shape index (κ2) is 6.70. The molecule has 1 amide bonds. The first-order valence-corrected chi connectivity index (χ1v) is 7.01. The van der Waals surface area contributed by atoms with E-state index in [4.69, 9.17) is 34.8 Å². The molecule has 2 nitrogen and oxygen atoms in total.